The van der Waals surface area contributed by atoms with Gasteiger partial charge in [-0.3, -0.25) is 4.79 Å². The zero-order valence-electron chi connectivity index (χ0n) is 16.5. The summed E-state index contributed by atoms with van der Waals surface area (Å²) in [7, 11) is 1.40. The molecule has 3 aromatic carbocycles. The lowest BCUT2D eigenvalue weighted by atomic mass is 9.92. The molecule has 0 aliphatic heterocycles. The minimum absolute atomic E-state index is 0.0525. The van der Waals surface area contributed by atoms with E-state index in [-0.39, 0.29) is 52.7 Å². The average Bonchev–Trinajstić information content (AvgIpc) is 2.73. The van der Waals surface area contributed by atoms with Crippen LogP contribution in [0.5, 0.6) is 23.0 Å². The summed E-state index contributed by atoms with van der Waals surface area (Å²) < 4.78 is 5.35. The number of aryl methyl sites for hydroxylation is 1. The lowest BCUT2D eigenvalue weighted by molar-refractivity contribution is 0.0976. The number of methoxy groups -OCH3 is 1. The van der Waals surface area contributed by atoms with Crippen LogP contribution in [0.3, 0.4) is 0 Å². The highest BCUT2D eigenvalue weighted by Crippen LogP contribution is 2.44. The molecule has 29 heavy (non-hydrogen) atoms. The molecule has 0 bridgehead atoms. The molecule has 0 saturated heterocycles. The van der Waals surface area contributed by atoms with E-state index in [1.807, 2.05) is 30.3 Å². The summed E-state index contributed by atoms with van der Waals surface area (Å²) in [5.41, 5.74) is 2.17. The predicted molar refractivity (Wildman–Crippen MR) is 111 cm³/mol. The van der Waals surface area contributed by atoms with Crippen LogP contribution in [0, 0.1) is 6.92 Å². The van der Waals surface area contributed by atoms with Crippen LogP contribution in [0.25, 0.3) is 0 Å². The summed E-state index contributed by atoms with van der Waals surface area (Å²) in [6.07, 6.45) is 0.791. The molecule has 0 aliphatic rings. The smallest absolute Gasteiger partial charge is 0.170 e. The summed E-state index contributed by atoms with van der Waals surface area (Å²) >= 11 is 0. The van der Waals surface area contributed by atoms with Crippen LogP contribution < -0.4 is 4.74 Å². The summed E-state index contributed by atoms with van der Waals surface area (Å²) in [6, 6.07) is 16.3. The van der Waals surface area contributed by atoms with Crippen molar-refractivity contribution in [3.63, 3.8) is 0 Å². The Morgan fingerprint density at radius 1 is 0.931 bits per heavy atom. The molecule has 0 unspecified atom stereocenters. The molecule has 0 atom stereocenters. The number of phenols is 3. The van der Waals surface area contributed by atoms with Gasteiger partial charge >= 0.3 is 0 Å². The van der Waals surface area contributed by atoms with E-state index in [2.05, 4.69) is 0 Å². The first kappa shape index (κ1) is 20.3. The molecule has 5 heteroatoms. The van der Waals surface area contributed by atoms with Gasteiger partial charge in [-0.15, -0.1) is 0 Å². The normalized spacial score (nSPS) is 10.7. The first-order valence-corrected chi connectivity index (χ1v) is 9.39. The quantitative estimate of drug-likeness (QED) is 0.515. The van der Waals surface area contributed by atoms with Crippen molar-refractivity contribution >= 4 is 5.78 Å². The van der Waals surface area contributed by atoms with Crippen molar-refractivity contribution in [2.45, 2.75) is 26.2 Å². The van der Waals surface area contributed by atoms with E-state index >= 15 is 0 Å². The van der Waals surface area contributed by atoms with Gasteiger partial charge in [0.05, 0.1) is 7.11 Å². The van der Waals surface area contributed by atoms with Gasteiger partial charge in [-0.25, -0.2) is 0 Å². The van der Waals surface area contributed by atoms with Crippen molar-refractivity contribution in [2.24, 2.45) is 0 Å². The highest BCUT2D eigenvalue weighted by atomic mass is 16.5. The van der Waals surface area contributed by atoms with E-state index in [1.54, 1.807) is 25.1 Å². The third kappa shape index (κ3) is 4.19. The number of phenolic OH excluding ortho intramolecular Hbond substituents is 3. The van der Waals surface area contributed by atoms with Crippen molar-refractivity contribution in [2.75, 3.05) is 7.11 Å². The zero-order chi connectivity index (χ0) is 21.0. The first-order valence-electron chi connectivity index (χ1n) is 9.39. The molecule has 0 fully saturated rings. The van der Waals surface area contributed by atoms with Crippen LogP contribution in [0.1, 0.15) is 39.0 Å². The second-order valence-electron chi connectivity index (χ2n) is 6.92. The van der Waals surface area contributed by atoms with Crippen molar-refractivity contribution in [3.8, 4) is 23.0 Å². The number of Topliss-reactive ketones (excluding diaryl/α,β-unsaturated/α-hetero) is 1. The molecule has 0 amide bonds. The highest BCUT2D eigenvalue weighted by Gasteiger charge is 2.27. The van der Waals surface area contributed by atoms with Crippen LogP contribution in [-0.4, -0.2) is 28.2 Å². The molecule has 150 valence electrons. The monoisotopic (exact) mass is 392 g/mol. The van der Waals surface area contributed by atoms with Crippen LogP contribution in [0.4, 0.5) is 0 Å². The third-order valence-electron chi connectivity index (χ3n) is 5.06. The lowest BCUT2D eigenvalue weighted by Gasteiger charge is -2.18. The van der Waals surface area contributed by atoms with Crippen molar-refractivity contribution in [1.29, 1.82) is 0 Å². The number of ether oxygens (including phenoxy) is 1. The van der Waals surface area contributed by atoms with Gasteiger partial charge in [0, 0.05) is 24.0 Å². The Bertz CT molecular complexity index is 1030. The second kappa shape index (κ2) is 8.69. The molecular weight excluding hydrogens is 368 g/mol. The Morgan fingerprint density at radius 3 is 2.24 bits per heavy atom. The van der Waals surface area contributed by atoms with E-state index in [9.17, 15) is 20.1 Å². The average molecular weight is 392 g/mol. The number of hydrogen-bond acceptors (Lipinski definition) is 5. The Kier molecular flexibility index (Phi) is 6.07. The van der Waals surface area contributed by atoms with Gasteiger partial charge in [-0.1, -0.05) is 48.5 Å². The summed E-state index contributed by atoms with van der Waals surface area (Å²) in [4.78, 5) is 13.0. The fraction of sp³-hybridized carbons (Fsp3) is 0.208. The minimum atomic E-state index is -0.314. The number of carbonyl (C=O) groups excluding carboxylic acids is 1. The maximum Gasteiger partial charge on any atom is 0.170 e. The van der Waals surface area contributed by atoms with E-state index in [0.29, 0.717) is 17.5 Å². The van der Waals surface area contributed by atoms with Crippen LogP contribution >= 0.6 is 0 Å². The van der Waals surface area contributed by atoms with Gasteiger partial charge in [0.1, 0.15) is 28.6 Å². The van der Waals surface area contributed by atoms with Crippen molar-refractivity contribution < 1.29 is 24.9 Å². The SMILES string of the molecule is COc1c(C)c(O)c(Cc2ccccc2O)c(O)c1C(=O)CCc1ccccc1. The molecule has 0 saturated carbocycles. The molecule has 3 rings (SSSR count). The van der Waals surface area contributed by atoms with Gasteiger partial charge in [0.2, 0.25) is 0 Å². The molecule has 0 aromatic heterocycles. The largest absolute Gasteiger partial charge is 0.508 e. The minimum Gasteiger partial charge on any atom is -0.508 e. The maximum absolute atomic E-state index is 13.0. The Morgan fingerprint density at radius 2 is 1.59 bits per heavy atom. The Labute approximate surface area is 169 Å². The van der Waals surface area contributed by atoms with Crippen LogP contribution in [0.15, 0.2) is 54.6 Å². The van der Waals surface area contributed by atoms with Crippen molar-refractivity contribution in [3.05, 3.63) is 82.4 Å². The predicted octanol–water partition coefficient (Wildman–Crippen LogP) is 4.53. The summed E-state index contributed by atoms with van der Waals surface area (Å²) in [5, 5.41) is 31.6. The number of hydrogen-bond donors (Lipinski definition) is 3. The Balaban J connectivity index is 2.00. The summed E-state index contributed by atoms with van der Waals surface area (Å²) in [6.45, 7) is 1.63. The molecule has 0 aliphatic carbocycles. The van der Waals surface area contributed by atoms with Gasteiger partial charge in [-0.05, 0) is 30.5 Å². The van der Waals surface area contributed by atoms with Gasteiger partial charge in [0.15, 0.2) is 5.78 Å². The number of benzene rings is 3. The van der Waals surface area contributed by atoms with Crippen LogP contribution in [-0.2, 0) is 12.8 Å². The number of ketones is 1. The molecule has 3 N–H and O–H groups in total. The van der Waals surface area contributed by atoms with E-state index < -0.39 is 0 Å². The van der Waals surface area contributed by atoms with E-state index in [1.165, 1.54) is 13.2 Å². The molecule has 5 nitrogen and oxygen atoms in total. The lowest BCUT2D eigenvalue weighted by Crippen LogP contribution is -2.08. The molecule has 0 heterocycles. The van der Waals surface area contributed by atoms with Gasteiger partial charge < -0.3 is 20.1 Å². The fourth-order valence-corrected chi connectivity index (χ4v) is 3.45. The summed E-state index contributed by atoms with van der Waals surface area (Å²) in [5.74, 6) is -0.519. The van der Waals surface area contributed by atoms with Gasteiger partial charge in [0.25, 0.3) is 0 Å². The second-order valence-corrected chi connectivity index (χ2v) is 6.92. The topological polar surface area (TPSA) is 87.0 Å². The van der Waals surface area contributed by atoms with E-state index in [4.69, 9.17) is 4.74 Å². The van der Waals surface area contributed by atoms with Gasteiger partial charge in [-0.2, -0.15) is 0 Å². The van der Waals surface area contributed by atoms with Crippen molar-refractivity contribution in [1.82, 2.24) is 0 Å². The maximum atomic E-state index is 13.0. The number of rotatable bonds is 7. The number of para-hydroxylation sites is 1. The molecule has 0 radical (unpaired) electrons. The number of carbonyl (C=O) groups is 1. The Hall–Kier alpha value is -3.47. The zero-order valence-corrected chi connectivity index (χ0v) is 16.5. The highest BCUT2D eigenvalue weighted by molar-refractivity contribution is 6.02. The number of aromatic hydroxyl groups is 3. The fourth-order valence-electron chi connectivity index (χ4n) is 3.45. The first-order chi connectivity index (χ1) is 13.9. The molecule has 0 spiro atoms. The van der Waals surface area contributed by atoms with Crippen LogP contribution in [0.2, 0.25) is 0 Å². The molecule has 3 aromatic rings. The molecular formula is C24H24O5. The van der Waals surface area contributed by atoms with E-state index in [0.717, 1.165) is 5.56 Å². The third-order valence-corrected chi connectivity index (χ3v) is 5.06. The standard InChI is InChI=1S/C24H24O5/c1-15-22(27)18(14-17-10-6-7-11-19(17)25)23(28)21(24(15)29-2)20(26)13-12-16-8-4-3-5-9-16/h3-11,25,27-28H,12-14H2,1-2H3.